The molecule has 1 aromatic carbocycles. The zero-order valence-corrected chi connectivity index (χ0v) is 8.66. The number of benzene rings is 1. The SMILES string of the molecule is Cc1ccccc1/C=C(\CN)C1CC1. The minimum absolute atomic E-state index is 0.707. The predicted octanol–water partition coefficient (Wildman–Crippen LogP) is 2.75. The standard InChI is InChI=1S/C13H17N/c1-10-4-2-3-5-12(10)8-13(9-14)11-6-7-11/h2-5,8,11H,6-7,9,14H2,1H3/b13-8+. The van der Waals surface area contributed by atoms with Crippen LogP contribution in [0.25, 0.3) is 6.08 Å². The summed E-state index contributed by atoms with van der Waals surface area (Å²) in [6, 6.07) is 8.46. The molecule has 1 heteroatoms. The molecule has 1 aliphatic carbocycles. The molecule has 0 heterocycles. The number of hydrogen-bond donors (Lipinski definition) is 1. The smallest absolute Gasteiger partial charge is 0.0142 e. The second-order valence-corrected chi connectivity index (χ2v) is 4.05. The minimum atomic E-state index is 0.707. The summed E-state index contributed by atoms with van der Waals surface area (Å²) >= 11 is 0. The molecule has 74 valence electrons. The van der Waals surface area contributed by atoms with Gasteiger partial charge >= 0.3 is 0 Å². The molecule has 0 spiro atoms. The molecule has 2 rings (SSSR count). The van der Waals surface area contributed by atoms with E-state index in [1.165, 1.54) is 29.5 Å². The summed E-state index contributed by atoms with van der Waals surface area (Å²) in [6.07, 6.45) is 4.93. The summed E-state index contributed by atoms with van der Waals surface area (Å²) in [5, 5.41) is 0. The maximum Gasteiger partial charge on any atom is 0.0142 e. The first kappa shape index (κ1) is 9.47. The molecule has 1 aliphatic rings. The summed E-state index contributed by atoms with van der Waals surface area (Å²) in [7, 11) is 0. The van der Waals surface area contributed by atoms with Crippen LogP contribution in [0, 0.1) is 12.8 Å². The summed E-state index contributed by atoms with van der Waals surface area (Å²) in [5.41, 5.74) is 9.81. The van der Waals surface area contributed by atoms with Crippen LogP contribution in [0.15, 0.2) is 29.8 Å². The van der Waals surface area contributed by atoms with E-state index in [0.29, 0.717) is 6.54 Å². The monoisotopic (exact) mass is 187 g/mol. The zero-order chi connectivity index (χ0) is 9.97. The van der Waals surface area contributed by atoms with E-state index >= 15 is 0 Å². The van der Waals surface area contributed by atoms with Gasteiger partial charge in [-0.25, -0.2) is 0 Å². The van der Waals surface area contributed by atoms with Gasteiger partial charge in [0.05, 0.1) is 0 Å². The van der Waals surface area contributed by atoms with Crippen molar-refractivity contribution in [1.82, 2.24) is 0 Å². The molecule has 1 fully saturated rings. The van der Waals surface area contributed by atoms with E-state index < -0.39 is 0 Å². The fourth-order valence-electron chi connectivity index (χ4n) is 1.75. The molecule has 14 heavy (non-hydrogen) atoms. The summed E-state index contributed by atoms with van der Waals surface area (Å²) in [6.45, 7) is 2.85. The van der Waals surface area contributed by atoms with Gasteiger partial charge in [0, 0.05) is 6.54 Å². The van der Waals surface area contributed by atoms with Crippen LogP contribution in [0.1, 0.15) is 24.0 Å². The molecule has 0 atom stereocenters. The van der Waals surface area contributed by atoms with Gasteiger partial charge in [-0.3, -0.25) is 0 Å². The molecule has 0 radical (unpaired) electrons. The lowest BCUT2D eigenvalue weighted by Crippen LogP contribution is -2.04. The number of aryl methyl sites for hydroxylation is 1. The maximum absolute atomic E-state index is 5.74. The van der Waals surface area contributed by atoms with Crippen LogP contribution in [-0.2, 0) is 0 Å². The molecule has 1 saturated carbocycles. The van der Waals surface area contributed by atoms with Gasteiger partial charge in [0.15, 0.2) is 0 Å². The Bertz CT molecular complexity index is 348. The van der Waals surface area contributed by atoms with E-state index in [1.54, 1.807) is 0 Å². The van der Waals surface area contributed by atoms with Gasteiger partial charge in [0.1, 0.15) is 0 Å². The van der Waals surface area contributed by atoms with Crippen molar-refractivity contribution in [2.75, 3.05) is 6.54 Å². The number of rotatable bonds is 3. The lowest BCUT2D eigenvalue weighted by molar-refractivity contribution is 0.950. The molecule has 0 bridgehead atoms. The highest BCUT2D eigenvalue weighted by Gasteiger charge is 2.24. The highest BCUT2D eigenvalue weighted by Crippen LogP contribution is 2.36. The van der Waals surface area contributed by atoms with Gasteiger partial charge in [-0.15, -0.1) is 0 Å². The van der Waals surface area contributed by atoms with Gasteiger partial charge in [-0.1, -0.05) is 35.9 Å². The average Bonchev–Trinajstić information content (AvgIpc) is 3.00. The van der Waals surface area contributed by atoms with Crippen molar-refractivity contribution in [2.45, 2.75) is 19.8 Å². The van der Waals surface area contributed by atoms with Crippen LogP contribution in [0.2, 0.25) is 0 Å². The molecule has 2 N–H and O–H groups in total. The Morgan fingerprint density at radius 2 is 2.14 bits per heavy atom. The van der Waals surface area contributed by atoms with Crippen LogP contribution < -0.4 is 5.73 Å². The fourth-order valence-corrected chi connectivity index (χ4v) is 1.75. The lowest BCUT2D eigenvalue weighted by atomic mass is 10.0. The summed E-state index contributed by atoms with van der Waals surface area (Å²) in [5.74, 6) is 0.777. The second-order valence-electron chi connectivity index (χ2n) is 4.05. The van der Waals surface area contributed by atoms with Crippen LogP contribution in [0.5, 0.6) is 0 Å². The predicted molar refractivity (Wildman–Crippen MR) is 60.9 cm³/mol. The molecule has 1 nitrogen and oxygen atoms in total. The molecular formula is C13H17N. The van der Waals surface area contributed by atoms with E-state index in [-0.39, 0.29) is 0 Å². The van der Waals surface area contributed by atoms with Crippen molar-refractivity contribution < 1.29 is 0 Å². The van der Waals surface area contributed by atoms with Crippen LogP contribution >= 0.6 is 0 Å². The highest BCUT2D eigenvalue weighted by atomic mass is 14.5. The van der Waals surface area contributed by atoms with E-state index in [1.807, 2.05) is 0 Å². The largest absolute Gasteiger partial charge is 0.327 e. The van der Waals surface area contributed by atoms with Gasteiger partial charge in [-0.2, -0.15) is 0 Å². The van der Waals surface area contributed by atoms with Gasteiger partial charge in [0.2, 0.25) is 0 Å². The Morgan fingerprint density at radius 1 is 1.43 bits per heavy atom. The molecule has 0 aromatic heterocycles. The van der Waals surface area contributed by atoms with E-state index in [2.05, 4.69) is 37.3 Å². The van der Waals surface area contributed by atoms with Gasteiger partial charge < -0.3 is 5.73 Å². The minimum Gasteiger partial charge on any atom is -0.327 e. The van der Waals surface area contributed by atoms with Crippen molar-refractivity contribution in [2.24, 2.45) is 11.7 Å². The number of nitrogens with two attached hydrogens (primary N) is 1. The normalized spacial score (nSPS) is 17.1. The molecular weight excluding hydrogens is 170 g/mol. The van der Waals surface area contributed by atoms with Crippen molar-refractivity contribution in [3.63, 3.8) is 0 Å². The third kappa shape index (κ3) is 2.05. The third-order valence-electron chi connectivity index (χ3n) is 2.87. The third-order valence-corrected chi connectivity index (χ3v) is 2.87. The Labute approximate surface area is 85.6 Å². The molecule has 0 saturated heterocycles. The second kappa shape index (κ2) is 3.97. The Hall–Kier alpha value is -1.08. The maximum atomic E-state index is 5.74. The van der Waals surface area contributed by atoms with Crippen molar-refractivity contribution in [3.8, 4) is 0 Å². The Morgan fingerprint density at radius 3 is 2.71 bits per heavy atom. The van der Waals surface area contributed by atoms with Crippen molar-refractivity contribution >= 4 is 6.08 Å². The van der Waals surface area contributed by atoms with Gasteiger partial charge in [-0.05, 0) is 36.8 Å². The lowest BCUT2D eigenvalue weighted by Gasteiger charge is -2.04. The Kier molecular flexibility index (Phi) is 2.69. The van der Waals surface area contributed by atoms with Gasteiger partial charge in [0.25, 0.3) is 0 Å². The quantitative estimate of drug-likeness (QED) is 0.773. The van der Waals surface area contributed by atoms with E-state index in [4.69, 9.17) is 5.73 Å². The van der Waals surface area contributed by atoms with Crippen molar-refractivity contribution in [1.29, 1.82) is 0 Å². The first-order valence-electron chi connectivity index (χ1n) is 5.27. The summed E-state index contributed by atoms with van der Waals surface area (Å²) in [4.78, 5) is 0. The molecule has 0 amide bonds. The topological polar surface area (TPSA) is 26.0 Å². The Balaban J connectivity index is 2.26. The van der Waals surface area contributed by atoms with Crippen LogP contribution in [-0.4, -0.2) is 6.54 Å². The first-order valence-corrected chi connectivity index (χ1v) is 5.27. The number of hydrogen-bond acceptors (Lipinski definition) is 1. The average molecular weight is 187 g/mol. The van der Waals surface area contributed by atoms with E-state index in [9.17, 15) is 0 Å². The van der Waals surface area contributed by atoms with Crippen LogP contribution in [0.3, 0.4) is 0 Å². The highest BCUT2D eigenvalue weighted by molar-refractivity contribution is 5.57. The van der Waals surface area contributed by atoms with Crippen LogP contribution in [0.4, 0.5) is 0 Å². The fraction of sp³-hybridized carbons (Fsp3) is 0.385. The van der Waals surface area contributed by atoms with Crippen molar-refractivity contribution in [3.05, 3.63) is 41.0 Å². The molecule has 1 aromatic rings. The van der Waals surface area contributed by atoms with E-state index in [0.717, 1.165) is 5.92 Å². The summed E-state index contributed by atoms with van der Waals surface area (Å²) < 4.78 is 0. The molecule has 0 aliphatic heterocycles. The molecule has 0 unspecified atom stereocenters. The zero-order valence-electron chi connectivity index (χ0n) is 8.66. The first-order chi connectivity index (χ1) is 6.81.